The third-order valence-corrected chi connectivity index (χ3v) is 6.17. The summed E-state index contributed by atoms with van der Waals surface area (Å²) in [6, 6.07) is 21.9. The molecule has 1 saturated heterocycles. The minimum Gasteiger partial charge on any atom is -0.507 e. The van der Waals surface area contributed by atoms with Gasteiger partial charge in [-0.3, -0.25) is 4.90 Å². The number of aromatic nitrogens is 1. The van der Waals surface area contributed by atoms with Gasteiger partial charge >= 0.3 is 0 Å². The molecule has 1 aromatic heterocycles. The lowest BCUT2D eigenvalue weighted by molar-refractivity contribution is 0.246. The van der Waals surface area contributed by atoms with Crippen LogP contribution in [0.1, 0.15) is 16.8 Å². The number of rotatable bonds is 5. The summed E-state index contributed by atoms with van der Waals surface area (Å²) < 4.78 is 5.72. The molecule has 1 aliphatic heterocycles. The normalized spacial score (nSPS) is 14.9. The van der Waals surface area contributed by atoms with Crippen molar-refractivity contribution in [2.45, 2.75) is 13.0 Å². The van der Waals surface area contributed by atoms with E-state index < -0.39 is 0 Å². The first-order valence-corrected chi connectivity index (χ1v) is 10.9. The van der Waals surface area contributed by atoms with Crippen molar-refractivity contribution in [2.24, 2.45) is 0 Å². The van der Waals surface area contributed by atoms with Crippen molar-refractivity contribution in [3.05, 3.63) is 88.6 Å². The van der Waals surface area contributed by atoms with E-state index in [0.717, 1.165) is 53.5 Å². The number of fused-ring (bicyclic) bond motifs is 1. The lowest BCUT2D eigenvalue weighted by Crippen LogP contribution is -2.46. The zero-order valence-corrected chi connectivity index (χ0v) is 17.9. The third-order valence-electron chi connectivity index (χ3n) is 5.94. The van der Waals surface area contributed by atoms with E-state index in [1.807, 2.05) is 42.5 Å². The Kier molecular flexibility index (Phi) is 5.53. The number of hydrogen-bond acceptors (Lipinski definition) is 5. The molecule has 0 unspecified atom stereocenters. The molecule has 1 fully saturated rings. The Morgan fingerprint density at radius 2 is 1.74 bits per heavy atom. The van der Waals surface area contributed by atoms with Gasteiger partial charge in [0.05, 0.1) is 11.3 Å². The van der Waals surface area contributed by atoms with Crippen LogP contribution in [0.3, 0.4) is 0 Å². The van der Waals surface area contributed by atoms with E-state index in [4.69, 9.17) is 16.1 Å². The van der Waals surface area contributed by atoms with Gasteiger partial charge in [0.25, 0.3) is 0 Å². The lowest BCUT2D eigenvalue weighted by atomic mass is 10.0. The zero-order chi connectivity index (χ0) is 21.2. The number of nitrogens with zero attached hydrogens (tertiary/aromatic N) is 3. The monoisotopic (exact) mass is 433 g/mol. The molecule has 1 N–H and O–H groups in total. The van der Waals surface area contributed by atoms with Crippen molar-refractivity contribution in [3.63, 3.8) is 0 Å². The van der Waals surface area contributed by atoms with Crippen molar-refractivity contribution in [1.82, 2.24) is 10.1 Å². The Morgan fingerprint density at radius 3 is 2.52 bits per heavy atom. The minimum absolute atomic E-state index is 0.257. The molecule has 0 amide bonds. The van der Waals surface area contributed by atoms with Gasteiger partial charge in [0.1, 0.15) is 5.75 Å². The van der Waals surface area contributed by atoms with Gasteiger partial charge in [-0.1, -0.05) is 53.2 Å². The van der Waals surface area contributed by atoms with Crippen LogP contribution in [-0.2, 0) is 13.0 Å². The highest BCUT2D eigenvalue weighted by atomic mass is 35.5. The van der Waals surface area contributed by atoms with Gasteiger partial charge in [0.2, 0.25) is 0 Å². The van der Waals surface area contributed by atoms with Crippen LogP contribution in [0, 0.1) is 0 Å². The first-order valence-electron chi connectivity index (χ1n) is 10.5. The van der Waals surface area contributed by atoms with Gasteiger partial charge in [0, 0.05) is 55.2 Å². The van der Waals surface area contributed by atoms with E-state index >= 15 is 0 Å². The molecule has 0 bridgehead atoms. The highest BCUT2D eigenvalue weighted by Gasteiger charge is 2.22. The summed E-state index contributed by atoms with van der Waals surface area (Å²) in [6.07, 6.45) is 0.705. The predicted molar refractivity (Wildman–Crippen MR) is 124 cm³/mol. The van der Waals surface area contributed by atoms with Crippen LogP contribution >= 0.6 is 11.6 Å². The Balaban J connectivity index is 1.32. The van der Waals surface area contributed by atoms with Gasteiger partial charge in [-0.05, 0) is 35.9 Å². The van der Waals surface area contributed by atoms with Crippen molar-refractivity contribution in [2.75, 3.05) is 31.1 Å². The standard InChI is InChI=1S/C25H24ClN3O2/c26-19-7-4-8-20(16-19)29-13-11-28(12-14-29)17-22-24(30)10-9-21-23(27-31-25(21)22)15-18-5-2-1-3-6-18/h1-10,16,30H,11-15,17H2. The van der Waals surface area contributed by atoms with Crippen molar-refractivity contribution >= 4 is 28.3 Å². The fraction of sp³-hybridized carbons (Fsp3) is 0.240. The number of phenolic OH excluding ortho intramolecular Hbond substituents is 1. The summed E-state index contributed by atoms with van der Waals surface area (Å²) in [7, 11) is 0. The maximum atomic E-state index is 10.6. The lowest BCUT2D eigenvalue weighted by Gasteiger charge is -2.36. The maximum Gasteiger partial charge on any atom is 0.175 e. The number of hydrogen-bond donors (Lipinski definition) is 1. The predicted octanol–water partition coefficient (Wildman–Crippen LogP) is 5.10. The summed E-state index contributed by atoms with van der Waals surface area (Å²) in [5.41, 5.74) is 4.72. The molecule has 3 aromatic carbocycles. The summed E-state index contributed by atoms with van der Waals surface area (Å²) >= 11 is 6.14. The molecule has 31 heavy (non-hydrogen) atoms. The van der Waals surface area contributed by atoms with Crippen LogP contribution in [0.5, 0.6) is 5.75 Å². The number of phenols is 1. The Morgan fingerprint density at radius 1 is 0.935 bits per heavy atom. The molecule has 158 valence electrons. The summed E-state index contributed by atoms with van der Waals surface area (Å²) in [4.78, 5) is 4.68. The van der Waals surface area contributed by atoms with Crippen LogP contribution in [0.25, 0.3) is 11.0 Å². The highest BCUT2D eigenvalue weighted by Crippen LogP contribution is 2.32. The Hall–Kier alpha value is -3.02. The van der Waals surface area contributed by atoms with E-state index in [2.05, 4.69) is 33.2 Å². The summed E-state index contributed by atoms with van der Waals surface area (Å²) in [5, 5.41) is 16.6. The molecule has 2 heterocycles. The van der Waals surface area contributed by atoms with Gasteiger partial charge < -0.3 is 14.5 Å². The Labute approximate surface area is 186 Å². The van der Waals surface area contributed by atoms with Gasteiger partial charge in [-0.2, -0.15) is 0 Å². The number of anilines is 1. The molecule has 0 spiro atoms. The molecule has 0 aliphatic carbocycles. The van der Waals surface area contributed by atoms with Crippen LogP contribution in [0.4, 0.5) is 5.69 Å². The van der Waals surface area contributed by atoms with Crippen LogP contribution < -0.4 is 4.90 Å². The molecule has 0 atom stereocenters. The quantitative estimate of drug-likeness (QED) is 0.474. The Bertz CT molecular complexity index is 1180. The largest absolute Gasteiger partial charge is 0.507 e. The number of piperazine rings is 1. The van der Waals surface area contributed by atoms with E-state index in [1.165, 1.54) is 5.56 Å². The number of benzene rings is 3. The average Bonchev–Trinajstić information content (AvgIpc) is 3.20. The highest BCUT2D eigenvalue weighted by molar-refractivity contribution is 6.30. The molecule has 1 aliphatic rings. The topological polar surface area (TPSA) is 52.7 Å². The van der Waals surface area contributed by atoms with Gasteiger partial charge in [0.15, 0.2) is 5.58 Å². The van der Waals surface area contributed by atoms with Gasteiger partial charge in [-0.25, -0.2) is 0 Å². The second kappa shape index (κ2) is 8.61. The zero-order valence-electron chi connectivity index (χ0n) is 17.2. The second-order valence-electron chi connectivity index (χ2n) is 7.97. The minimum atomic E-state index is 0.257. The fourth-order valence-electron chi connectivity index (χ4n) is 4.23. The van der Waals surface area contributed by atoms with E-state index in [9.17, 15) is 5.11 Å². The molecule has 5 rings (SSSR count). The maximum absolute atomic E-state index is 10.6. The average molecular weight is 434 g/mol. The third kappa shape index (κ3) is 4.24. The van der Waals surface area contributed by atoms with E-state index in [0.29, 0.717) is 18.5 Å². The molecule has 6 heteroatoms. The van der Waals surface area contributed by atoms with E-state index in [-0.39, 0.29) is 5.75 Å². The number of aromatic hydroxyl groups is 1. The molecule has 0 radical (unpaired) electrons. The van der Waals surface area contributed by atoms with Crippen molar-refractivity contribution in [1.29, 1.82) is 0 Å². The second-order valence-corrected chi connectivity index (χ2v) is 8.41. The summed E-state index contributed by atoms with van der Waals surface area (Å²) in [5.74, 6) is 0.257. The van der Waals surface area contributed by atoms with Crippen LogP contribution in [0.15, 0.2) is 71.3 Å². The van der Waals surface area contributed by atoms with E-state index in [1.54, 1.807) is 6.07 Å². The molecular formula is C25H24ClN3O2. The first-order chi connectivity index (χ1) is 15.2. The number of halogens is 1. The van der Waals surface area contributed by atoms with Crippen LogP contribution in [-0.4, -0.2) is 41.3 Å². The molecular weight excluding hydrogens is 410 g/mol. The molecule has 5 nitrogen and oxygen atoms in total. The van der Waals surface area contributed by atoms with Crippen LogP contribution in [0.2, 0.25) is 5.02 Å². The molecule has 4 aromatic rings. The smallest absolute Gasteiger partial charge is 0.175 e. The SMILES string of the molecule is Oc1ccc2c(Cc3ccccc3)noc2c1CN1CCN(c2cccc(Cl)c2)CC1. The van der Waals surface area contributed by atoms with Crippen molar-refractivity contribution in [3.8, 4) is 5.75 Å². The molecule has 0 saturated carbocycles. The van der Waals surface area contributed by atoms with Crippen molar-refractivity contribution < 1.29 is 9.63 Å². The summed E-state index contributed by atoms with van der Waals surface area (Å²) in [6.45, 7) is 4.24. The first kappa shape index (κ1) is 19.9. The fourth-order valence-corrected chi connectivity index (χ4v) is 4.41. The van der Waals surface area contributed by atoms with Gasteiger partial charge in [-0.15, -0.1) is 0 Å².